The standard InChI is InChI=1S/C10H19NO/c11-7-10(5-6-12-8-10)9-3-1-2-4-9/h9H,1-8,11H2. The highest BCUT2D eigenvalue weighted by Gasteiger charge is 2.41. The largest absolute Gasteiger partial charge is 0.381 e. The molecule has 0 amide bonds. The summed E-state index contributed by atoms with van der Waals surface area (Å²) in [5, 5.41) is 0. The molecule has 2 rings (SSSR count). The summed E-state index contributed by atoms with van der Waals surface area (Å²) < 4.78 is 5.48. The molecule has 12 heavy (non-hydrogen) atoms. The van der Waals surface area contributed by atoms with E-state index in [0.717, 1.165) is 25.7 Å². The van der Waals surface area contributed by atoms with Crippen molar-refractivity contribution in [3.8, 4) is 0 Å². The Labute approximate surface area is 74.5 Å². The molecule has 0 aromatic carbocycles. The van der Waals surface area contributed by atoms with Crippen LogP contribution in [0.25, 0.3) is 0 Å². The highest BCUT2D eigenvalue weighted by Crippen LogP contribution is 2.44. The number of ether oxygens (including phenoxy) is 1. The van der Waals surface area contributed by atoms with E-state index in [1.165, 1.54) is 32.1 Å². The predicted octanol–water partition coefficient (Wildman–Crippen LogP) is 1.54. The molecule has 1 atom stereocenters. The fourth-order valence-corrected chi connectivity index (χ4v) is 2.81. The molecule has 1 aliphatic heterocycles. The summed E-state index contributed by atoms with van der Waals surface area (Å²) in [4.78, 5) is 0. The van der Waals surface area contributed by atoms with E-state index in [1.54, 1.807) is 0 Å². The minimum Gasteiger partial charge on any atom is -0.381 e. The summed E-state index contributed by atoms with van der Waals surface area (Å²) in [7, 11) is 0. The second-order valence-corrected chi connectivity index (χ2v) is 4.35. The highest BCUT2D eigenvalue weighted by molar-refractivity contribution is 4.92. The number of nitrogens with two attached hydrogens (primary N) is 1. The van der Waals surface area contributed by atoms with E-state index in [1.807, 2.05) is 0 Å². The molecule has 1 aliphatic carbocycles. The lowest BCUT2D eigenvalue weighted by atomic mass is 9.74. The van der Waals surface area contributed by atoms with Gasteiger partial charge in [-0.3, -0.25) is 0 Å². The molecule has 1 saturated heterocycles. The van der Waals surface area contributed by atoms with Gasteiger partial charge in [-0.15, -0.1) is 0 Å². The first kappa shape index (κ1) is 8.52. The highest BCUT2D eigenvalue weighted by atomic mass is 16.5. The van der Waals surface area contributed by atoms with E-state index in [9.17, 15) is 0 Å². The number of hydrogen-bond donors (Lipinski definition) is 1. The fourth-order valence-electron chi connectivity index (χ4n) is 2.81. The van der Waals surface area contributed by atoms with E-state index in [4.69, 9.17) is 10.5 Å². The molecule has 1 heterocycles. The lowest BCUT2D eigenvalue weighted by molar-refractivity contribution is 0.114. The van der Waals surface area contributed by atoms with E-state index >= 15 is 0 Å². The van der Waals surface area contributed by atoms with Crippen molar-refractivity contribution in [1.82, 2.24) is 0 Å². The zero-order valence-corrected chi connectivity index (χ0v) is 7.72. The second kappa shape index (κ2) is 3.35. The van der Waals surface area contributed by atoms with Crippen molar-refractivity contribution in [3.63, 3.8) is 0 Å². The van der Waals surface area contributed by atoms with Gasteiger partial charge in [0.25, 0.3) is 0 Å². The third-order valence-electron chi connectivity index (χ3n) is 3.76. The molecule has 70 valence electrons. The molecule has 0 bridgehead atoms. The Morgan fingerprint density at radius 3 is 2.58 bits per heavy atom. The molecule has 0 aromatic heterocycles. The lowest BCUT2D eigenvalue weighted by Crippen LogP contribution is -2.37. The summed E-state index contributed by atoms with van der Waals surface area (Å²) in [5.74, 6) is 0.866. The monoisotopic (exact) mass is 169 g/mol. The Hall–Kier alpha value is -0.0800. The number of hydrogen-bond acceptors (Lipinski definition) is 2. The van der Waals surface area contributed by atoms with Crippen LogP contribution >= 0.6 is 0 Å². The van der Waals surface area contributed by atoms with Crippen LogP contribution in [0, 0.1) is 11.3 Å². The Balaban J connectivity index is 2.04. The third-order valence-corrected chi connectivity index (χ3v) is 3.76. The molecule has 2 heteroatoms. The van der Waals surface area contributed by atoms with Crippen molar-refractivity contribution in [2.75, 3.05) is 19.8 Å². The molecular weight excluding hydrogens is 150 g/mol. The topological polar surface area (TPSA) is 35.2 Å². The predicted molar refractivity (Wildman–Crippen MR) is 48.9 cm³/mol. The van der Waals surface area contributed by atoms with Crippen LogP contribution in [0.4, 0.5) is 0 Å². The first-order chi connectivity index (χ1) is 5.87. The van der Waals surface area contributed by atoms with Crippen LogP contribution < -0.4 is 5.73 Å². The van der Waals surface area contributed by atoms with Crippen molar-refractivity contribution in [2.24, 2.45) is 17.1 Å². The maximum Gasteiger partial charge on any atom is 0.0538 e. The van der Waals surface area contributed by atoms with Crippen LogP contribution in [-0.2, 0) is 4.74 Å². The smallest absolute Gasteiger partial charge is 0.0538 e. The van der Waals surface area contributed by atoms with Gasteiger partial charge in [0.2, 0.25) is 0 Å². The molecule has 0 aromatic rings. The summed E-state index contributed by atoms with van der Waals surface area (Å²) >= 11 is 0. The summed E-state index contributed by atoms with van der Waals surface area (Å²) in [5.41, 5.74) is 6.24. The quantitative estimate of drug-likeness (QED) is 0.680. The van der Waals surface area contributed by atoms with Gasteiger partial charge in [-0.2, -0.15) is 0 Å². The van der Waals surface area contributed by atoms with Crippen molar-refractivity contribution in [2.45, 2.75) is 32.1 Å². The van der Waals surface area contributed by atoms with E-state index < -0.39 is 0 Å². The zero-order chi connectivity index (χ0) is 8.44. The fraction of sp³-hybridized carbons (Fsp3) is 1.00. The average Bonchev–Trinajstić information content (AvgIpc) is 2.76. The minimum atomic E-state index is 0.372. The van der Waals surface area contributed by atoms with Crippen molar-refractivity contribution in [1.29, 1.82) is 0 Å². The lowest BCUT2D eigenvalue weighted by Gasteiger charge is -2.32. The van der Waals surface area contributed by atoms with Gasteiger partial charge >= 0.3 is 0 Å². The van der Waals surface area contributed by atoms with Crippen LogP contribution in [0.2, 0.25) is 0 Å². The van der Waals surface area contributed by atoms with Crippen LogP contribution in [0.3, 0.4) is 0 Å². The van der Waals surface area contributed by atoms with Crippen LogP contribution in [-0.4, -0.2) is 19.8 Å². The van der Waals surface area contributed by atoms with Gasteiger partial charge < -0.3 is 10.5 Å². The zero-order valence-electron chi connectivity index (χ0n) is 7.72. The molecule has 0 spiro atoms. The van der Waals surface area contributed by atoms with Crippen molar-refractivity contribution < 1.29 is 4.74 Å². The minimum absolute atomic E-state index is 0.372. The molecule has 0 radical (unpaired) electrons. The molecule has 1 saturated carbocycles. The Bertz CT molecular complexity index is 146. The Morgan fingerprint density at radius 2 is 2.08 bits per heavy atom. The summed E-state index contributed by atoms with van der Waals surface area (Å²) in [6, 6.07) is 0. The average molecular weight is 169 g/mol. The van der Waals surface area contributed by atoms with Gasteiger partial charge in [-0.25, -0.2) is 0 Å². The van der Waals surface area contributed by atoms with Gasteiger partial charge in [0.1, 0.15) is 0 Å². The van der Waals surface area contributed by atoms with Gasteiger partial charge in [0.15, 0.2) is 0 Å². The maximum atomic E-state index is 5.87. The molecular formula is C10H19NO. The van der Waals surface area contributed by atoms with Gasteiger partial charge in [0, 0.05) is 18.6 Å². The Morgan fingerprint density at radius 1 is 1.33 bits per heavy atom. The van der Waals surface area contributed by atoms with Gasteiger partial charge in [-0.1, -0.05) is 12.8 Å². The van der Waals surface area contributed by atoms with Gasteiger partial charge in [0.05, 0.1) is 6.61 Å². The molecule has 1 unspecified atom stereocenters. The summed E-state index contributed by atoms with van der Waals surface area (Å²) in [6.45, 7) is 2.69. The van der Waals surface area contributed by atoms with E-state index in [-0.39, 0.29) is 0 Å². The number of rotatable bonds is 2. The van der Waals surface area contributed by atoms with E-state index in [2.05, 4.69) is 0 Å². The first-order valence-corrected chi connectivity index (χ1v) is 5.15. The van der Waals surface area contributed by atoms with Crippen LogP contribution in [0.5, 0.6) is 0 Å². The molecule has 2 aliphatic rings. The first-order valence-electron chi connectivity index (χ1n) is 5.15. The second-order valence-electron chi connectivity index (χ2n) is 4.35. The van der Waals surface area contributed by atoms with Crippen LogP contribution in [0.1, 0.15) is 32.1 Å². The molecule has 2 N–H and O–H groups in total. The molecule has 2 nitrogen and oxygen atoms in total. The Kier molecular flexibility index (Phi) is 2.37. The molecule has 2 fully saturated rings. The SMILES string of the molecule is NCC1(C2CCCC2)CCOC1. The normalized spacial score (nSPS) is 37.8. The maximum absolute atomic E-state index is 5.87. The van der Waals surface area contributed by atoms with Crippen molar-refractivity contribution in [3.05, 3.63) is 0 Å². The van der Waals surface area contributed by atoms with Crippen LogP contribution in [0.15, 0.2) is 0 Å². The summed E-state index contributed by atoms with van der Waals surface area (Å²) in [6.07, 6.45) is 6.80. The third kappa shape index (κ3) is 1.27. The van der Waals surface area contributed by atoms with E-state index in [0.29, 0.717) is 5.41 Å². The van der Waals surface area contributed by atoms with Gasteiger partial charge in [-0.05, 0) is 25.2 Å². The van der Waals surface area contributed by atoms with Crippen molar-refractivity contribution >= 4 is 0 Å².